The lowest BCUT2D eigenvalue weighted by Crippen LogP contribution is -2.42. The van der Waals surface area contributed by atoms with E-state index in [1.165, 1.54) is 95.5 Å². The van der Waals surface area contributed by atoms with E-state index in [0.717, 1.165) is 30.1 Å². The third-order valence-electron chi connectivity index (χ3n) is 8.83. The second kappa shape index (κ2) is 11.7. The van der Waals surface area contributed by atoms with Crippen molar-refractivity contribution in [1.82, 2.24) is 0 Å². The zero-order valence-corrected chi connectivity index (χ0v) is 20.2. The Morgan fingerprint density at radius 1 is 0.839 bits per heavy atom. The van der Waals surface area contributed by atoms with Crippen LogP contribution in [0.3, 0.4) is 0 Å². The molecule has 2 heteroatoms. The standard InChI is InChI=1S/C29H46O2/c1-3-22(2)24-16-18-26(19-17-24)31-29(30-21-20-23-10-5-4-6-11-23)28-15-9-13-25-12-7-8-14-27(25)28/h16-19,22-23,25,27-29H,3-15,20-21H2,1-2H3. The molecular formula is C29H46O2. The molecule has 0 N–H and O–H groups in total. The van der Waals surface area contributed by atoms with Crippen LogP contribution in [0.5, 0.6) is 5.75 Å². The highest BCUT2D eigenvalue weighted by molar-refractivity contribution is 5.29. The maximum absolute atomic E-state index is 6.64. The van der Waals surface area contributed by atoms with Crippen LogP contribution in [0.1, 0.15) is 115 Å². The van der Waals surface area contributed by atoms with Crippen LogP contribution in [0.4, 0.5) is 0 Å². The average Bonchev–Trinajstić information content (AvgIpc) is 2.83. The first kappa shape index (κ1) is 23.1. The Kier molecular flexibility index (Phi) is 8.76. The van der Waals surface area contributed by atoms with Crippen LogP contribution in [0.25, 0.3) is 0 Å². The molecule has 0 aliphatic heterocycles. The van der Waals surface area contributed by atoms with Crippen LogP contribution in [-0.2, 0) is 4.74 Å². The number of ether oxygens (including phenoxy) is 2. The van der Waals surface area contributed by atoms with Gasteiger partial charge in [0, 0.05) is 5.92 Å². The number of benzene rings is 1. The van der Waals surface area contributed by atoms with Gasteiger partial charge in [-0.05, 0) is 67.1 Å². The molecule has 0 heterocycles. The van der Waals surface area contributed by atoms with E-state index in [-0.39, 0.29) is 6.29 Å². The predicted octanol–water partition coefficient (Wildman–Crippen LogP) is 8.50. The van der Waals surface area contributed by atoms with Gasteiger partial charge in [-0.2, -0.15) is 0 Å². The minimum Gasteiger partial charge on any atom is -0.465 e. The van der Waals surface area contributed by atoms with E-state index in [2.05, 4.69) is 38.1 Å². The van der Waals surface area contributed by atoms with Gasteiger partial charge in [0.15, 0.2) is 0 Å². The van der Waals surface area contributed by atoms with E-state index >= 15 is 0 Å². The summed E-state index contributed by atoms with van der Waals surface area (Å²) in [6, 6.07) is 8.88. The molecule has 4 rings (SSSR count). The minimum atomic E-state index is -0.0658. The molecule has 0 radical (unpaired) electrons. The molecule has 5 unspecified atom stereocenters. The molecule has 1 aromatic rings. The second-order valence-corrected chi connectivity index (χ2v) is 10.8. The maximum atomic E-state index is 6.64. The summed E-state index contributed by atoms with van der Waals surface area (Å²) >= 11 is 0. The molecule has 174 valence electrons. The first-order valence-electron chi connectivity index (χ1n) is 13.6. The van der Waals surface area contributed by atoms with Gasteiger partial charge in [-0.3, -0.25) is 0 Å². The quantitative estimate of drug-likeness (QED) is 0.368. The third-order valence-corrected chi connectivity index (χ3v) is 8.83. The summed E-state index contributed by atoms with van der Waals surface area (Å²) in [5.41, 5.74) is 1.41. The van der Waals surface area contributed by atoms with Gasteiger partial charge in [-0.25, -0.2) is 0 Å². The highest BCUT2D eigenvalue weighted by Crippen LogP contribution is 2.46. The van der Waals surface area contributed by atoms with Gasteiger partial charge >= 0.3 is 0 Å². The normalized spacial score (nSPS) is 29.2. The number of hydrogen-bond donors (Lipinski definition) is 0. The van der Waals surface area contributed by atoms with Crippen LogP contribution in [0.2, 0.25) is 0 Å². The molecule has 5 atom stereocenters. The van der Waals surface area contributed by atoms with Crippen molar-refractivity contribution in [2.75, 3.05) is 6.61 Å². The Hall–Kier alpha value is -1.02. The summed E-state index contributed by atoms with van der Waals surface area (Å²) in [4.78, 5) is 0. The van der Waals surface area contributed by atoms with E-state index in [1.54, 1.807) is 0 Å². The molecule has 1 aromatic carbocycles. The fourth-order valence-corrected chi connectivity index (χ4v) is 6.64. The van der Waals surface area contributed by atoms with Gasteiger partial charge in [-0.1, -0.05) is 90.2 Å². The predicted molar refractivity (Wildman–Crippen MR) is 129 cm³/mol. The van der Waals surface area contributed by atoms with E-state index in [1.807, 2.05) is 0 Å². The van der Waals surface area contributed by atoms with Crippen molar-refractivity contribution < 1.29 is 9.47 Å². The summed E-state index contributed by atoms with van der Waals surface area (Å²) in [7, 11) is 0. The van der Waals surface area contributed by atoms with Gasteiger partial charge in [0.1, 0.15) is 5.75 Å². The molecule has 2 nitrogen and oxygen atoms in total. The smallest absolute Gasteiger partial charge is 0.202 e. The monoisotopic (exact) mass is 426 g/mol. The van der Waals surface area contributed by atoms with Crippen molar-refractivity contribution in [2.45, 2.75) is 116 Å². The van der Waals surface area contributed by atoms with Crippen molar-refractivity contribution in [2.24, 2.45) is 23.7 Å². The Morgan fingerprint density at radius 3 is 2.32 bits per heavy atom. The molecule has 3 fully saturated rings. The van der Waals surface area contributed by atoms with Gasteiger partial charge in [0.2, 0.25) is 6.29 Å². The zero-order chi connectivity index (χ0) is 21.5. The van der Waals surface area contributed by atoms with Crippen LogP contribution in [0, 0.1) is 23.7 Å². The van der Waals surface area contributed by atoms with Crippen molar-refractivity contribution >= 4 is 0 Å². The average molecular weight is 427 g/mol. The number of hydrogen-bond acceptors (Lipinski definition) is 2. The molecular weight excluding hydrogens is 380 g/mol. The van der Waals surface area contributed by atoms with Crippen LogP contribution in [0.15, 0.2) is 24.3 Å². The lowest BCUT2D eigenvalue weighted by Gasteiger charge is -2.44. The molecule has 3 aliphatic rings. The Morgan fingerprint density at radius 2 is 1.55 bits per heavy atom. The minimum absolute atomic E-state index is 0.0658. The fraction of sp³-hybridized carbons (Fsp3) is 0.793. The molecule has 0 aromatic heterocycles. The first-order valence-corrected chi connectivity index (χ1v) is 13.6. The number of fused-ring (bicyclic) bond motifs is 1. The van der Waals surface area contributed by atoms with Crippen molar-refractivity contribution in [3.63, 3.8) is 0 Å². The topological polar surface area (TPSA) is 18.5 Å². The van der Waals surface area contributed by atoms with Gasteiger partial charge in [0.05, 0.1) is 6.61 Å². The zero-order valence-electron chi connectivity index (χ0n) is 20.2. The summed E-state index contributed by atoms with van der Waals surface area (Å²) in [5.74, 6) is 4.76. The van der Waals surface area contributed by atoms with Gasteiger partial charge in [-0.15, -0.1) is 0 Å². The third kappa shape index (κ3) is 6.28. The van der Waals surface area contributed by atoms with Gasteiger partial charge in [0.25, 0.3) is 0 Å². The van der Waals surface area contributed by atoms with Crippen LogP contribution < -0.4 is 4.74 Å². The molecule has 31 heavy (non-hydrogen) atoms. The summed E-state index contributed by atoms with van der Waals surface area (Å²) in [5, 5.41) is 0. The molecule has 0 spiro atoms. The van der Waals surface area contributed by atoms with Crippen LogP contribution in [-0.4, -0.2) is 12.9 Å². The highest BCUT2D eigenvalue weighted by Gasteiger charge is 2.40. The maximum Gasteiger partial charge on any atom is 0.202 e. The van der Waals surface area contributed by atoms with Gasteiger partial charge < -0.3 is 9.47 Å². The molecule has 0 bridgehead atoms. The lowest BCUT2D eigenvalue weighted by molar-refractivity contribution is -0.149. The lowest BCUT2D eigenvalue weighted by atomic mass is 9.65. The molecule has 3 saturated carbocycles. The number of rotatable bonds is 9. The Labute approximate surface area is 191 Å². The van der Waals surface area contributed by atoms with E-state index in [9.17, 15) is 0 Å². The Bertz CT molecular complexity index is 631. The summed E-state index contributed by atoms with van der Waals surface area (Å²) < 4.78 is 13.3. The van der Waals surface area contributed by atoms with Crippen molar-refractivity contribution in [3.05, 3.63) is 29.8 Å². The molecule has 0 saturated heterocycles. The highest BCUT2D eigenvalue weighted by atomic mass is 16.7. The van der Waals surface area contributed by atoms with E-state index in [4.69, 9.17) is 9.47 Å². The van der Waals surface area contributed by atoms with Crippen molar-refractivity contribution in [1.29, 1.82) is 0 Å². The SMILES string of the molecule is CCC(C)c1ccc(OC(OCCC2CCCCC2)C2CCCC3CCCCC32)cc1. The molecule has 3 aliphatic carbocycles. The van der Waals surface area contributed by atoms with E-state index in [0.29, 0.717) is 11.8 Å². The summed E-state index contributed by atoms with van der Waals surface area (Å²) in [6.07, 6.45) is 19.1. The van der Waals surface area contributed by atoms with Crippen molar-refractivity contribution in [3.8, 4) is 5.75 Å². The first-order chi connectivity index (χ1) is 15.2. The fourth-order valence-electron chi connectivity index (χ4n) is 6.64. The van der Waals surface area contributed by atoms with Crippen LogP contribution >= 0.6 is 0 Å². The largest absolute Gasteiger partial charge is 0.465 e. The summed E-state index contributed by atoms with van der Waals surface area (Å²) in [6.45, 7) is 5.43. The Balaban J connectivity index is 1.42. The molecule has 0 amide bonds. The second-order valence-electron chi connectivity index (χ2n) is 10.8. The van der Waals surface area contributed by atoms with E-state index < -0.39 is 0 Å².